The summed E-state index contributed by atoms with van der Waals surface area (Å²) in [5.41, 5.74) is -0.567. The van der Waals surface area contributed by atoms with Gasteiger partial charge in [0.25, 0.3) is 0 Å². The molecule has 1 aliphatic carbocycles. The third-order valence-electron chi connectivity index (χ3n) is 2.79. The molecule has 0 radical (unpaired) electrons. The highest BCUT2D eigenvalue weighted by Crippen LogP contribution is 2.46. The van der Waals surface area contributed by atoms with Crippen molar-refractivity contribution >= 4 is 0 Å². The van der Waals surface area contributed by atoms with Crippen LogP contribution in [0.2, 0.25) is 0 Å². The first-order valence-corrected chi connectivity index (χ1v) is 4.62. The SMILES string of the molecule is OCC1(c2ccc(C(F)(F)F)cn2)CC1. The average Bonchev–Trinajstić information content (AvgIpc) is 2.97. The van der Waals surface area contributed by atoms with Gasteiger partial charge in [-0.05, 0) is 25.0 Å². The molecule has 1 aromatic rings. The van der Waals surface area contributed by atoms with Crippen LogP contribution in [0.15, 0.2) is 18.3 Å². The van der Waals surface area contributed by atoms with Crippen LogP contribution in [0.3, 0.4) is 0 Å². The van der Waals surface area contributed by atoms with Crippen molar-refractivity contribution in [1.29, 1.82) is 0 Å². The maximum Gasteiger partial charge on any atom is 0.417 e. The van der Waals surface area contributed by atoms with Gasteiger partial charge in [-0.1, -0.05) is 0 Å². The summed E-state index contributed by atoms with van der Waals surface area (Å²) in [5, 5.41) is 9.08. The molecule has 1 saturated carbocycles. The van der Waals surface area contributed by atoms with Crippen molar-refractivity contribution in [2.24, 2.45) is 0 Å². The Bertz CT molecular complexity index is 354. The van der Waals surface area contributed by atoms with Gasteiger partial charge in [-0.2, -0.15) is 13.2 Å². The lowest BCUT2D eigenvalue weighted by atomic mass is 10.0. The minimum absolute atomic E-state index is 0.0502. The van der Waals surface area contributed by atoms with Crippen LogP contribution in [0.4, 0.5) is 13.2 Å². The summed E-state index contributed by atoms with van der Waals surface area (Å²) in [6, 6.07) is 2.37. The fourth-order valence-electron chi connectivity index (χ4n) is 1.52. The van der Waals surface area contributed by atoms with Gasteiger partial charge in [0.05, 0.1) is 12.2 Å². The normalized spacial score (nSPS) is 18.9. The molecule has 0 atom stereocenters. The molecule has 0 unspecified atom stereocenters. The largest absolute Gasteiger partial charge is 0.417 e. The summed E-state index contributed by atoms with van der Waals surface area (Å²) in [6.45, 7) is -0.0502. The van der Waals surface area contributed by atoms with Crippen LogP contribution >= 0.6 is 0 Å². The number of aromatic nitrogens is 1. The molecule has 0 amide bonds. The molecule has 1 fully saturated rings. The summed E-state index contributed by atoms with van der Waals surface area (Å²) in [7, 11) is 0. The fourth-order valence-corrected chi connectivity index (χ4v) is 1.52. The molecule has 5 heteroatoms. The Morgan fingerprint density at radius 1 is 1.33 bits per heavy atom. The van der Waals surface area contributed by atoms with Gasteiger partial charge in [0.1, 0.15) is 0 Å². The molecule has 0 aromatic carbocycles. The molecule has 1 aliphatic rings. The number of pyridine rings is 1. The first-order chi connectivity index (χ1) is 6.98. The third-order valence-corrected chi connectivity index (χ3v) is 2.79. The second-order valence-electron chi connectivity index (χ2n) is 3.87. The Morgan fingerprint density at radius 2 is 2.00 bits per heavy atom. The molecule has 2 nitrogen and oxygen atoms in total. The standard InChI is InChI=1S/C10H10F3NO/c11-10(12,13)7-1-2-8(14-5-7)9(6-15)3-4-9/h1-2,5,15H,3-4,6H2. The number of alkyl halides is 3. The van der Waals surface area contributed by atoms with E-state index in [2.05, 4.69) is 4.98 Å². The van der Waals surface area contributed by atoms with Gasteiger partial charge in [0, 0.05) is 17.3 Å². The Balaban J connectivity index is 2.25. The van der Waals surface area contributed by atoms with Crippen LogP contribution in [-0.2, 0) is 11.6 Å². The maximum atomic E-state index is 12.2. The van der Waals surface area contributed by atoms with Crippen LogP contribution in [0.5, 0.6) is 0 Å². The van der Waals surface area contributed by atoms with E-state index in [1.807, 2.05) is 0 Å². The van der Waals surface area contributed by atoms with E-state index in [4.69, 9.17) is 5.11 Å². The van der Waals surface area contributed by atoms with Crippen molar-refractivity contribution in [3.63, 3.8) is 0 Å². The first kappa shape index (κ1) is 10.4. The van der Waals surface area contributed by atoms with Gasteiger partial charge in [0.15, 0.2) is 0 Å². The van der Waals surface area contributed by atoms with Crippen LogP contribution in [-0.4, -0.2) is 16.7 Å². The monoisotopic (exact) mass is 217 g/mol. The lowest BCUT2D eigenvalue weighted by molar-refractivity contribution is -0.137. The molecule has 0 aliphatic heterocycles. The van der Waals surface area contributed by atoms with Crippen LogP contribution in [0, 0.1) is 0 Å². The zero-order valence-corrected chi connectivity index (χ0v) is 7.88. The Morgan fingerprint density at radius 3 is 2.33 bits per heavy atom. The van der Waals surface area contributed by atoms with Crippen molar-refractivity contribution in [3.8, 4) is 0 Å². The molecule has 15 heavy (non-hydrogen) atoms. The van der Waals surface area contributed by atoms with E-state index in [-0.39, 0.29) is 12.0 Å². The summed E-state index contributed by atoms with van der Waals surface area (Å²) >= 11 is 0. The van der Waals surface area contributed by atoms with Crippen LogP contribution in [0.25, 0.3) is 0 Å². The van der Waals surface area contributed by atoms with E-state index in [0.29, 0.717) is 5.69 Å². The minimum atomic E-state index is -4.35. The first-order valence-electron chi connectivity index (χ1n) is 4.62. The average molecular weight is 217 g/mol. The Hall–Kier alpha value is -1.10. The predicted octanol–water partition coefficient (Wildman–Crippen LogP) is 2.12. The van der Waals surface area contributed by atoms with E-state index < -0.39 is 11.7 Å². The van der Waals surface area contributed by atoms with Gasteiger partial charge in [0.2, 0.25) is 0 Å². The van der Waals surface area contributed by atoms with Crippen molar-refractivity contribution in [1.82, 2.24) is 4.98 Å². The summed E-state index contributed by atoms with van der Waals surface area (Å²) in [5.74, 6) is 0. The lowest BCUT2D eigenvalue weighted by Gasteiger charge is -2.12. The van der Waals surface area contributed by atoms with Gasteiger partial charge in [-0.3, -0.25) is 4.98 Å². The summed E-state index contributed by atoms with van der Waals surface area (Å²) in [6.07, 6.45) is -1.93. The number of aliphatic hydroxyl groups is 1. The summed E-state index contributed by atoms with van der Waals surface area (Å²) < 4.78 is 36.7. The minimum Gasteiger partial charge on any atom is -0.395 e. The quantitative estimate of drug-likeness (QED) is 0.823. The Labute approximate surface area is 84.8 Å². The third kappa shape index (κ3) is 1.84. The van der Waals surface area contributed by atoms with Crippen LogP contribution in [0.1, 0.15) is 24.1 Å². The van der Waals surface area contributed by atoms with Crippen molar-refractivity contribution in [2.75, 3.05) is 6.61 Å². The number of nitrogens with zero attached hydrogens (tertiary/aromatic N) is 1. The van der Waals surface area contributed by atoms with Gasteiger partial charge < -0.3 is 5.11 Å². The number of rotatable bonds is 2. The van der Waals surface area contributed by atoms with Crippen LogP contribution < -0.4 is 0 Å². The van der Waals surface area contributed by atoms with Crippen molar-refractivity contribution in [3.05, 3.63) is 29.6 Å². The molecule has 0 saturated heterocycles. The summed E-state index contributed by atoms with van der Waals surface area (Å²) in [4.78, 5) is 3.77. The molecular formula is C10H10F3NO. The fraction of sp³-hybridized carbons (Fsp3) is 0.500. The zero-order chi connectivity index (χ0) is 11.1. The molecule has 0 bridgehead atoms. The van der Waals surface area contributed by atoms with E-state index in [0.717, 1.165) is 25.1 Å². The van der Waals surface area contributed by atoms with Gasteiger partial charge >= 0.3 is 6.18 Å². The highest BCUT2D eigenvalue weighted by molar-refractivity contribution is 5.27. The predicted molar refractivity (Wildman–Crippen MR) is 47.2 cm³/mol. The second kappa shape index (κ2) is 3.20. The van der Waals surface area contributed by atoms with Crippen molar-refractivity contribution in [2.45, 2.75) is 24.4 Å². The lowest BCUT2D eigenvalue weighted by Crippen LogP contribution is -2.15. The number of hydrogen-bond donors (Lipinski definition) is 1. The molecule has 1 aromatic heterocycles. The van der Waals surface area contributed by atoms with E-state index in [9.17, 15) is 13.2 Å². The highest BCUT2D eigenvalue weighted by Gasteiger charge is 2.45. The molecular weight excluding hydrogens is 207 g/mol. The van der Waals surface area contributed by atoms with Gasteiger partial charge in [-0.15, -0.1) is 0 Å². The number of hydrogen-bond acceptors (Lipinski definition) is 2. The van der Waals surface area contributed by atoms with E-state index in [1.54, 1.807) is 0 Å². The van der Waals surface area contributed by atoms with Crippen molar-refractivity contribution < 1.29 is 18.3 Å². The second-order valence-corrected chi connectivity index (χ2v) is 3.87. The van der Waals surface area contributed by atoms with E-state index in [1.165, 1.54) is 6.07 Å². The zero-order valence-electron chi connectivity index (χ0n) is 7.88. The molecule has 1 heterocycles. The Kier molecular flexibility index (Phi) is 2.22. The smallest absolute Gasteiger partial charge is 0.395 e. The highest BCUT2D eigenvalue weighted by atomic mass is 19.4. The maximum absolute atomic E-state index is 12.2. The number of halogens is 3. The molecule has 82 valence electrons. The van der Waals surface area contributed by atoms with Gasteiger partial charge in [-0.25, -0.2) is 0 Å². The molecule has 0 spiro atoms. The van der Waals surface area contributed by atoms with E-state index >= 15 is 0 Å². The topological polar surface area (TPSA) is 33.1 Å². The number of aliphatic hydroxyl groups excluding tert-OH is 1. The molecule has 1 N–H and O–H groups in total. The molecule has 2 rings (SSSR count).